The summed E-state index contributed by atoms with van der Waals surface area (Å²) >= 11 is 0. The standard InChI is InChI=1S/C18H17F6N3O5/c19-17(20,21)14(18(22,23)24)32-15(28)27-5-3-26(4-6-27)9-12-2-1-11(8-25)7-13(12)10-31-16(29)30/h1-2,7,14H,3-6,9-10H2,(H,29,30). The van der Waals surface area contributed by atoms with Gasteiger partial charge in [0.15, 0.2) is 0 Å². The maximum absolute atomic E-state index is 12.6. The van der Waals surface area contributed by atoms with Gasteiger partial charge in [-0.3, -0.25) is 4.90 Å². The number of nitrogens with zero attached hydrogens (tertiary/aromatic N) is 3. The fourth-order valence-corrected chi connectivity index (χ4v) is 2.95. The lowest BCUT2D eigenvalue weighted by atomic mass is 10.0. The maximum Gasteiger partial charge on any atom is 0.506 e. The molecule has 0 atom stereocenters. The van der Waals surface area contributed by atoms with Crippen molar-refractivity contribution < 1.29 is 50.5 Å². The molecule has 0 radical (unpaired) electrons. The topological polar surface area (TPSA) is 103 Å². The monoisotopic (exact) mass is 469 g/mol. The number of hydrogen-bond acceptors (Lipinski definition) is 6. The molecule has 0 aromatic heterocycles. The molecule has 1 aromatic rings. The van der Waals surface area contributed by atoms with Crippen molar-refractivity contribution in [2.75, 3.05) is 26.2 Å². The predicted octanol–water partition coefficient (Wildman–Crippen LogP) is 3.50. The summed E-state index contributed by atoms with van der Waals surface area (Å²) in [5, 5.41) is 17.7. The van der Waals surface area contributed by atoms with Crippen LogP contribution in [0.15, 0.2) is 18.2 Å². The number of amides is 1. The van der Waals surface area contributed by atoms with E-state index in [2.05, 4.69) is 9.47 Å². The number of rotatable bonds is 5. The highest BCUT2D eigenvalue weighted by molar-refractivity contribution is 5.68. The third kappa shape index (κ3) is 6.91. The van der Waals surface area contributed by atoms with E-state index in [4.69, 9.17) is 10.4 Å². The second-order valence-electron chi connectivity index (χ2n) is 6.76. The molecule has 0 bridgehead atoms. The summed E-state index contributed by atoms with van der Waals surface area (Å²) < 4.78 is 83.6. The number of halogens is 6. The Hall–Kier alpha value is -3.21. The third-order valence-electron chi connectivity index (χ3n) is 4.52. The molecule has 2 rings (SSSR count). The molecule has 0 spiro atoms. The van der Waals surface area contributed by atoms with Crippen LogP contribution in [0.4, 0.5) is 35.9 Å². The first-order valence-corrected chi connectivity index (χ1v) is 9.00. The Balaban J connectivity index is 1.99. The number of hydrogen-bond donors (Lipinski definition) is 1. The lowest BCUT2D eigenvalue weighted by molar-refractivity contribution is -0.308. The number of alkyl halides is 6. The Morgan fingerprint density at radius 2 is 1.66 bits per heavy atom. The molecule has 32 heavy (non-hydrogen) atoms. The Morgan fingerprint density at radius 1 is 1.06 bits per heavy atom. The van der Waals surface area contributed by atoms with E-state index in [0.29, 0.717) is 11.1 Å². The Morgan fingerprint density at radius 3 is 2.16 bits per heavy atom. The number of carbonyl (C=O) groups excluding carboxylic acids is 1. The Labute approximate surface area is 177 Å². The van der Waals surface area contributed by atoms with E-state index in [0.717, 1.165) is 4.90 Å². The minimum Gasteiger partial charge on any atom is -0.450 e. The van der Waals surface area contributed by atoms with E-state index in [1.165, 1.54) is 12.1 Å². The first kappa shape index (κ1) is 25.1. The molecule has 0 aliphatic carbocycles. The molecule has 1 heterocycles. The molecular formula is C18H17F6N3O5. The van der Waals surface area contributed by atoms with Crippen LogP contribution in [0.5, 0.6) is 0 Å². The van der Waals surface area contributed by atoms with Crippen LogP contribution in [0.2, 0.25) is 0 Å². The number of ether oxygens (including phenoxy) is 2. The first-order valence-electron chi connectivity index (χ1n) is 9.00. The second-order valence-corrected chi connectivity index (χ2v) is 6.76. The van der Waals surface area contributed by atoms with Crippen LogP contribution < -0.4 is 0 Å². The largest absolute Gasteiger partial charge is 0.506 e. The van der Waals surface area contributed by atoms with Gasteiger partial charge >= 0.3 is 24.6 Å². The van der Waals surface area contributed by atoms with E-state index >= 15 is 0 Å². The lowest BCUT2D eigenvalue weighted by Crippen LogP contribution is -2.52. The highest BCUT2D eigenvalue weighted by Crippen LogP contribution is 2.36. The van der Waals surface area contributed by atoms with Crippen molar-refractivity contribution in [2.24, 2.45) is 0 Å². The molecule has 1 N–H and O–H groups in total. The van der Waals surface area contributed by atoms with Gasteiger partial charge in [-0.05, 0) is 23.3 Å². The molecular weight excluding hydrogens is 452 g/mol. The van der Waals surface area contributed by atoms with Crippen molar-refractivity contribution in [3.63, 3.8) is 0 Å². The van der Waals surface area contributed by atoms with Gasteiger partial charge in [-0.25, -0.2) is 9.59 Å². The van der Waals surface area contributed by atoms with Crippen LogP contribution in [-0.4, -0.2) is 71.8 Å². The summed E-state index contributed by atoms with van der Waals surface area (Å²) in [5.74, 6) is 0. The van der Waals surface area contributed by atoms with Gasteiger partial charge in [-0.15, -0.1) is 0 Å². The predicted molar refractivity (Wildman–Crippen MR) is 93.2 cm³/mol. The average molecular weight is 469 g/mol. The van der Waals surface area contributed by atoms with Crippen molar-refractivity contribution in [1.29, 1.82) is 5.26 Å². The van der Waals surface area contributed by atoms with E-state index < -0.39 is 30.7 Å². The summed E-state index contributed by atoms with van der Waals surface area (Å²) in [6.45, 7) is -0.242. The van der Waals surface area contributed by atoms with Crippen molar-refractivity contribution in [2.45, 2.75) is 31.6 Å². The van der Waals surface area contributed by atoms with E-state index in [1.807, 2.05) is 6.07 Å². The summed E-state index contributed by atoms with van der Waals surface area (Å²) in [5.41, 5.74) is 1.30. The average Bonchev–Trinajstić information content (AvgIpc) is 2.69. The summed E-state index contributed by atoms with van der Waals surface area (Å²) in [7, 11) is 0. The lowest BCUT2D eigenvalue weighted by Gasteiger charge is -2.35. The van der Waals surface area contributed by atoms with Crippen molar-refractivity contribution in [1.82, 2.24) is 9.80 Å². The number of benzene rings is 1. The highest BCUT2D eigenvalue weighted by atomic mass is 19.4. The van der Waals surface area contributed by atoms with Crippen molar-refractivity contribution >= 4 is 12.2 Å². The Bertz CT molecular complexity index is 861. The number of piperazine rings is 1. The molecule has 1 fully saturated rings. The van der Waals surface area contributed by atoms with E-state index in [9.17, 15) is 35.9 Å². The van der Waals surface area contributed by atoms with Crippen molar-refractivity contribution in [3.8, 4) is 6.07 Å². The molecule has 1 aliphatic rings. The van der Waals surface area contributed by atoms with Gasteiger partial charge in [0.1, 0.15) is 6.61 Å². The van der Waals surface area contributed by atoms with Crippen LogP contribution >= 0.6 is 0 Å². The van der Waals surface area contributed by atoms with Gasteiger partial charge in [-0.2, -0.15) is 31.6 Å². The number of carbonyl (C=O) groups is 2. The van der Waals surface area contributed by atoms with Gasteiger partial charge in [0, 0.05) is 32.7 Å². The third-order valence-corrected chi connectivity index (χ3v) is 4.52. The SMILES string of the molecule is N#Cc1ccc(CN2CCN(C(=O)OC(C(F)(F)F)C(F)(F)F)CC2)c(COC(=O)O)c1. The summed E-state index contributed by atoms with van der Waals surface area (Å²) in [4.78, 5) is 25.0. The van der Waals surface area contributed by atoms with Crippen molar-refractivity contribution in [3.05, 3.63) is 34.9 Å². The molecule has 14 heteroatoms. The number of carboxylic acid groups (broad SMARTS) is 1. The molecule has 1 aliphatic heterocycles. The van der Waals surface area contributed by atoms with Crippen LogP contribution in [0.1, 0.15) is 16.7 Å². The molecule has 1 aromatic carbocycles. The minimum atomic E-state index is -5.79. The normalized spacial score (nSPS) is 15.4. The molecule has 0 unspecified atom stereocenters. The molecule has 8 nitrogen and oxygen atoms in total. The van der Waals surface area contributed by atoms with Crippen LogP contribution in [-0.2, 0) is 22.6 Å². The second kappa shape index (κ2) is 9.94. The van der Waals surface area contributed by atoms with E-state index in [1.54, 1.807) is 11.0 Å². The highest BCUT2D eigenvalue weighted by Gasteiger charge is 2.60. The van der Waals surface area contributed by atoms with Crippen LogP contribution in [0, 0.1) is 11.3 Å². The maximum atomic E-state index is 12.6. The molecule has 1 amide bonds. The summed E-state index contributed by atoms with van der Waals surface area (Å²) in [6, 6.07) is 6.43. The fraction of sp³-hybridized carbons (Fsp3) is 0.500. The number of nitriles is 1. The van der Waals surface area contributed by atoms with E-state index in [-0.39, 0.29) is 44.9 Å². The smallest absolute Gasteiger partial charge is 0.450 e. The van der Waals surface area contributed by atoms with Crippen LogP contribution in [0.3, 0.4) is 0 Å². The first-order chi connectivity index (χ1) is 14.8. The molecule has 176 valence electrons. The molecule has 0 saturated carbocycles. The van der Waals surface area contributed by atoms with Gasteiger partial charge in [0.05, 0.1) is 11.6 Å². The Kier molecular flexibility index (Phi) is 7.78. The quantitative estimate of drug-likeness (QED) is 0.520. The molecule has 1 saturated heterocycles. The fourth-order valence-electron chi connectivity index (χ4n) is 2.95. The zero-order valence-electron chi connectivity index (χ0n) is 16.2. The minimum absolute atomic E-state index is 0.108. The zero-order chi connectivity index (χ0) is 24.1. The van der Waals surface area contributed by atoms with Gasteiger partial charge in [0.2, 0.25) is 0 Å². The summed E-state index contributed by atoms with van der Waals surface area (Å²) in [6.07, 6.45) is -19.0. The van der Waals surface area contributed by atoms with Gasteiger partial charge in [0.25, 0.3) is 6.10 Å². The van der Waals surface area contributed by atoms with Gasteiger partial charge in [-0.1, -0.05) is 6.07 Å². The van der Waals surface area contributed by atoms with Gasteiger partial charge < -0.3 is 19.5 Å². The van der Waals surface area contributed by atoms with Crippen LogP contribution in [0.25, 0.3) is 0 Å². The zero-order valence-corrected chi connectivity index (χ0v) is 16.2.